The summed E-state index contributed by atoms with van der Waals surface area (Å²) in [5, 5.41) is 5.80. The molecule has 0 aliphatic rings. The number of thiophene rings is 1. The van der Waals surface area contributed by atoms with Gasteiger partial charge in [0.05, 0.1) is 6.21 Å². The summed E-state index contributed by atoms with van der Waals surface area (Å²) < 4.78 is 11.0. The van der Waals surface area contributed by atoms with Gasteiger partial charge in [-0.25, -0.2) is 10.2 Å². The molecule has 170 valence electrons. The molecule has 4 rings (SSSR count). The molecule has 1 atom stereocenters. The van der Waals surface area contributed by atoms with E-state index in [4.69, 9.17) is 9.47 Å². The summed E-state index contributed by atoms with van der Waals surface area (Å²) in [7, 11) is 0. The normalized spacial score (nSPS) is 11.7. The number of hydrazone groups is 1. The molecule has 0 unspecified atom stereocenters. The Morgan fingerprint density at radius 2 is 1.53 bits per heavy atom. The third-order valence-corrected chi connectivity index (χ3v) is 5.69. The summed E-state index contributed by atoms with van der Waals surface area (Å²) in [6.07, 6.45) is 0.781. The Balaban J connectivity index is 1.25. The summed E-state index contributed by atoms with van der Waals surface area (Å²) in [6.45, 7) is 1.66. The molecule has 34 heavy (non-hydrogen) atoms. The third-order valence-electron chi connectivity index (χ3n) is 4.84. The second kappa shape index (κ2) is 11.1. The summed E-state index contributed by atoms with van der Waals surface area (Å²) in [4.78, 5) is 24.8. The smallest absolute Gasteiger partial charge is 0.353 e. The zero-order chi connectivity index (χ0) is 23.8. The minimum absolute atomic E-state index is 0.370. The van der Waals surface area contributed by atoms with Gasteiger partial charge < -0.3 is 9.47 Å². The third kappa shape index (κ3) is 6.17. The number of benzene rings is 3. The number of esters is 1. The Bertz CT molecular complexity index is 1250. The van der Waals surface area contributed by atoms with Crippen molar-refractivity contribution in [2.24, 2.45) is 5.10 Å². The lowest BCUT2D eigenvalue weighted by molar-refractivity contribution is -0.127. The van der Waals surface area contributed by atoms with Crippen LogP contribution in [0.25, 0.3) is 11.1 Å². The molecule has 6 nitrogen and oxygen atoms in total. The van der Waals surface area contributed by atoms with Crippen LogP contribution in [0.3, 0.4) is 0 Å². The Morgan fingerprint density at radius 1 is 0.853 bits per heavy atom. The topological polar surface area (TPSA) is 77.0 Å². The van der Waals surface area contributed by atoms with Crippen LogP contribution in [0, 0.1) is 0 Å². The van der Waals surface area contributed by atoms with Crippen molar-refractivity contribution in [3.05, 3.63) is 107 Å². The fourth-order valence-corrected chi connectivity index (χ4v) is 3.65. The highest BCUT2D eigenvalue weighted by Gasteiger charge is 2.14. The van der Waals surface area contributed by atoms with Gasteiger partial charge in [-0.05, 0) is 71.5 Å². The Hall–Kier alpha value is -4.23. The fraction of sp³-hybridized carbons (Fsp3) is 0.0741. The van der Waals surface area contributed by atoms with E-state index in [0.717, 1.165) is 16.7 Å². The van der Waals surface area contributed by atoms with Crippen molar-refractivity contribution >= 4 is 29.4 Å². The SMILES string of the molecule is C[C@H](Oc1ccc(-c2ccccc2)cc1)C(=O)N/N=C\c1ccc(OC(=O)c2cccs2)cc1. The summed E-state index contributed by atoms with van der Waals surface area (Å²) in [5.74, 6) is 0.260. The van der Waals surface area contributed by atoms with Crippen molar-refractivity contribution in [3.63, 3.8) is 0 Å². The van der Waals surface area contributed by atoms with Gasteiger partial charge in [-0.2, -0.15) is 5.10 Å². The van der Waals surface area contributed by atoms with Crippen LogP contribution in [-0.2, 0) is 4.79 Å². The highest BCUT2D eigenvalue weighted by Crippen LogP contribution is 2.22. The fourth-order valence-electron chi connectivity index (χ4n) is 3.05. The average molecular weight is 471 g/mol. The highest BCUT2D eigenvalue weighted by molar-refractivity contribution is 7.12. The number of nitrogens with zero attached hydrogens (tertiary/aromatic N) is 1. The van der Waals surface area contributed by atoms with E-state index in [9.17, 15) is 9.59 Å². The first-order valence-corrected chi connectivity index (χ1v) is 11.5. The van der Waals surface area contributed by atoms with Crippen LogP contribution >= 0.6 is 11.3 Å². The molecule has 0 radical (unpaired) electrons. The van der Waals surface area contributed by atoms with E-state index in [1.165, 1.54) is 17.6 Å². The average Bonchev–Trinajstić information content (AvgIpc) is 3.41. The van der Waals surface area contributed by atoms with Crippen LogP contribution in [0.2, 0.25) is 0 Å². The lowest BCUT2D eigenvalue weighted by Crippen LogP contribution is -2.33. The lowest BCUT2D eigenvalue weighted by Gasteiger charge is -2.13. The van der Waals surface area contributed by atoms with E-state index in [2.05, 4.69) is 10.5 Å². The van der Waals surface area contributed by atoms with Crippen LogP contribution in [0.1, 0.15) is 22.2 Å². The largest absolute Gasteiger partial charge is 0.481 e. The van der Waals surface area contributed by atoms with E-state index >= 15 is 0 Å². The Kier molecular flexibility index (Phi) is 7.47. The van der Waals surface area contributed by atoms with E-state index in [-0.39, 0.29) is 5.91 Å². The molecule has 0 fully saturated rings. The standard InChI is InChI=1S/C27H22N2O4S/c1-19(32-23-15-11-22(12-16-23)21-6-3-2-4-7-21)26(30)29-28-18-20-9-13-24(14-10-20)33-27(31)25-8-5-17-34-25/h2-19H,1H3,(H,29,30)/b28-18-/t19-/m0/s1. The zero-order valence-corrected chi connectivity index (χ0v) is 19.2. The number of carbonyl (C=O) groups excluding carboxylic acids is 2. The summed E-state index contributed by atoms with van der Waals surface area (Å²) >= 11 is 1.32. The Labute approximate surface area is 201 Å². The first-order chi connectivity index (χ1) is 16.6. The van der Waals surface area contributed by atoms with E-state index in [0.29, 0.717) is 16.4 Å². The molecule has 0 aliphatic carbocycles. The van der Waals surface area contributed by atoms with Gasteiger partial charge in [-0.3, -0.25) is 4.79 Å². The second-order valence-electron chi connectivity index (χ2n) is 7.32. The molecule has 7 heteroatoms. The van der Waals surface area contributed by atoms with Crippen LogP contribution < -0.4 is 14.9 Å². The molecule has 1 amide bonds. The highest BCUT2D eigenvalue weighted by atomic mass is 32.1. The van der Waals surface area contributed by atoms with Gasteiger partial charge in [0.2, 0.25) is 0 Å². The maximum Gasteiger partial charge on any atom is 0.353 e. The molecule has 0 spiro atoms. The van der Waals surface area contributed by atoms with Gasteiger partial charge in [0.1, 0.15) is 16.4 Å². The van der Waals surface area contributed by atoms with Gasteiger partial charge in [0, 0.05) is 0 Å². The molecule has 1 N–H and O–H groups in total. The molecule has 3 aromatic carbocycles. The first kappa shape index (κ1) is 22.9. The maximum atomic E-state index is 12.3. The van der Waals surface area contributed by atoms with Crippen LogP contribution in [0.5, 0.6) is 11.5 Å². The molecule has 1 heterocycles. The Morgan fingerprint density at radius 3 is 2.21 bits per heavy atom. The van der Waals surface area contributed by atoms with Crippen molar-refractivity contribution in [1.29, 1.82) is 0 Å². The number of nitrogens with one attached hydrogen (secondary N) is 1. The molecule has 0 saturated carbocycles. The van der Waals surface area contributed by atoms with Gasteiger partial charge in [-0.1, -0.05) is 48.5 Å². The van der Waals surface area contributed by atoms with E-state index < -0.39 is 12.1 Å². The molecular formula is C27H22N2O4S. The van der Waals surface area contributed by atoms with Crippen molar-refractivity contribution < 1.29 is 19.1 Å². The number of carbonyl (C=O) groups is 2. The lowest BCUT2D eigenvalue weighted by atomic mass is 10.1. The van der Waals surface area contributed by atoms with Crippen molar-refractivity contribution in [2.75, 3.05) is 0 Å². The molecule has 0 saturated heterocycles. The van der Waals surface area contributed by atoms with Crippen LogP contribution in [-0.4, -0.2) is 24.2 Å². The number of rotatable bonds is 8. The van der Waals surface area contributed by atoms with Crippen LogP contribution in [0.4, 0.5) is 0 Å². The molecule has 1 aromatic heterocycles. The monoisotopic (exact) mass is 470 g/mol. The van der Waals surface area contributed by atoms with Gasteiger partial charge in [0.25, 0.3) is 5.91 Å². The van der Waals surface area contributed by atoms with Crippen molar-refractivity contribution in [3.8, 4) is 22.6 Å². The number of ether oxygens (including phenoxy) is 2. The number of hydrogen-bond donors (Lipinski definition) is 1. The number of hydrogen-bond acceptors (Lipinski definition) is 6. The molecule has 0 bridgehead atoms. The molecule has 4 aromatic rings. The minimum atomic E-state index is -0.723. The number of amides is 1. The summed E-state index contributed by atoms with van der Waals surface area (Å²) in [6, 6.07) is 27.9. The molecule has 0 aliphatic heterocycles. The molecular weight excluding hydrogens is 448 g/mol. The van der Waals surface area contributed by atoms with Crippen molar-refractivity contribution in [2.45, 2.75) is 13.0 Å². The van der Waals surface area contributed by atoms with Gasteiger partial charge >= 0.3 is 5.97 Å². The van der Waals surface area contributed by atoms with Gasteiger partial charge in [-0.15, -0.1) is 11.3 Å². The maximum absolute atomic E-state index is 12.3. The zero-order valence-electron chi connectivity index (χ0n) is 18.4. The van der Waals surface area contributed by atoms with E-state index in [1.54, 1.807) is 43.3 Å². The van der Waals surface area contributed by atoms with E-state index in [1.807, 2.05) is 60.0 Å². The predicted octanol–water partition coefficient (Wildman–Crippen LogP) is 5.55. The van der Waals surface area contributed by atoms with Crippen LogP contribution in [0.15, 0.2) is 101 Å². The predicted molar refractivity (Wildman–Crippen MR) is 133 cm³/mol. The van der Waals surface area contributed by atoms with Crippen molar-refractivity contribution in [1.82, 2.24) is 5.43 Å². The second-order valence-corrected chi connectivity index (χ2v) is 8.27. The quantitative estimate of drug-likeness (QED) is 0.158. The summed E-state index contributed by atoms with van der Waals surface area (Å²) in [5.41, 5.74) is 5.40. The first-order valence-electron chi connectivity index (χ1n) is 10.6. The van der Waals surface area contributed by atoms with Gasteiger partial charge in [0.15, 0.2) is 6.10 Å². The minimum Gasteiger partial charge on any atom is -0.481 e.